The van der Waals surface area contributed by atoms with Crippen LogP contribution in [0.3, 0.4) is 0 Å². The molecule has 0 aliphatic rings. The summed E-state index contributed by atoms with van der Waals surface area (Å²) in [5.41, 5.74) is 1.16. The van der Waals surface area contributed by atoms with Crippen molar-refractivity contribution in [1.29, 1.82) is 0 Å². The third-order valence-electron chi connectivity index (χ3n) is 7.56. The van der Waals surface area contributed by atoms with E-state index in [2.05, 4.69) is 20.9 Å². The van der Waals surface area contributed by atoms with Crippen molar-refractivity contribution in [1.82, 2.24) is 20.9 Å². The number of aliphatic hydroxyl groups excluding tert-OH is 1. The van der Waals surface area contributed by atoms with Gasteiger partial charge in [0.15, 0.2) is 0 Å². The standard InChI is InChI=1S/C35H54N4O5/c1-8-25(2)31(33(42)36-20-15-21-39(6)7)38-32(41)28(22-26-16-11-9-12-17-26)24-30(40)29(23-27-18-13-10-14-19-27)37-34(43)44-35(3,4)5/h9-14,16-19,25,28-31,40H,8,15,20-24H2,1-7H3,(H,36,42)(H,37,43)(H,38,41)/t25-,28+,29-,30-,31-/m0/s1. The topological polar surface area (TPSA) is 120 Å². The van der Waals surface area contributed by atoms with E-state index in [1.165, 1.54) is 0 Å². The van der Waals surface area contributed by atoms with Crippen molar-refractivity contribution in [3.05, 3.63) is 71.8 Å². The molecule has 0 unspecified atom stereocenters. The van der Waals surface area contributed by atoms with Gasteiger partial charge in [-0.05, 0) is 84.1 Å². The number of nitrogens with zero attached hydrogens (tertiary/aromatic N) is 1. The monoisotopic (exact) mass is 610 g/mol. The van der Waals surface area contributed by atoms with Crippen LogP contribution in [-0.2, 0) is 27.2 Å². The summed E-state index contributed by atoms with van der Waals surface area (Å²) in [5, 5.41) is 20.4. The molecular formula is C35H54N4O5. The fraction of sp³-hybridized carbons (Fsp3) is 0.571. The molecule has 0 saturated carbocycles. The Morgan fingerprint density at radius 2 is 1.45 bits per heavy atom. The highest BCUT2D eigenvalue weighted by atomic mass is 16.6. The number of nitrogens with one attached hydrogen (secondary N) is 3. The first kappa shape index (κ1) is 36.8. The van der Waals surface area contributed by atoms with Gasteiger partial charge in [-0.3, -0.25) is 9.59 Å². The molecule has 0 heterocycles. The number of alkyl carbamates (subject to hydrolysis) is 1. The maximum Gasteiger partial charge on any atom is 0.407 e. The van der Waals surface area contributed by atoms with Crippen LogP contribution in [0.5, 0.6) is 0 Å². The molecule has 0 aliphatic heterocycles. The van der Waals surface area contributed by atoms with Gasteiger partial charge < -0.3 is 30.7 Å². The molecule has 0 spiro atoms. The van der Waals surface area contributed by atoms with Gasteiger partial charge in [-0.1, -0.05) is 80.9 Å². The molecule has 0 fully saturated rings. The second kappa shape index (κ2) is 18.4. The molecule has 3 amide bonds. The molecule has 2 aromatic rings. The Balaban J connectivity index is 2.28. The third kappa shape index (κ3) is 13.9. The number of aliphatic hydroxyl groups is 1. The molecule has 9 heteroatoms. The SMILES string of the molecule is CC[C@H](C)[C@H](NC(=O)[C@H](Cc1ccccc1)C[C@H](O)[C@H](Cc1ccccc1)NC(=O)OC(C)(C)C)C(=O)NCCCN(C)C. The summed E-state index contributed by atoms with van der Waals surface area (Å²) in [7, 11) is 3.97. The molecule has 2 aromatic carbocycles. The lowest BCUT2D eigenvalue weighted by atomic mass is 9.88. The largest absolute Gasteiger partial charge is 0.444 e. The fourth-order valence-corrected chi connectivity index (χ4v) is 4.94. The number of carbonyl (C=O) groups excluding carboxylic acids is 3. The van der Waals surface area contributed by atoms with Crippen molar-refractivity contribution in [2.45, 2.75) is 90.5 Å². The minimum absolute atomic E-state index is 0.0751. The predicted octanol–water partition coefficient (Wildman–Crippen LogP) is 4.33. The Hall–Kier alpha value is -3.43. The van der Waals surface area contributed by atoms with E-state index >= 15 is 0 Å². The van der Waals surface area contributed by atoms with Crippen molar-refractivity contribution in [3.63, 3.8) is 0 Å². The first-order valence-corrected chi connectivity index (χ1v) is 15.8. The zero-order valence-electron chi connectivity index (χ0n) is 27.6. The molecule has 0 aromatic heterocycles. The van der Waals surface area contributed by atoms with Gasteiger partial charge in [0, 0.05) is 12.5 Å². The smallest absolute Gasteiger partial charge is 0.407 e. The van der Waals surface area contributed by atoms with Gasteiger partial charge in [0.25, 0.3) is 0 Å². The van der Waals surface area contributed by atoms with E-state index in [1.807, 2.05) is 88.6 Å². The molecule has 5 atom stereocenters. The number of rotatable bonds is 17. The second-order valence-corrected chi connectivity index (χ2v) is 13.0. The van der Waals surface area contributed by atoms with Crippen molar-refractivity contribution in [2.24, 2.45) is 11.8 Å². The van der Waals surface area contributed by atoms with Gasteiger partial charge in [0.05, 0.1) is 12.1 Å². The number of amides is 3. The normalized spacial score (nSPS) is 15.0. The minimum Gasteiger partial charge on any atom is -0.444 e. The van der Waals surface area contributed by atoms with Crippen LogP contribution >= 0.6 is 0 Å². The van der Waals surface area contributed by atoms with Gasteiger partial charge in [-0.15, -0.1) is 0 Å². The van der Waals surface area contributed by atoms with Gasteiger partial charge in [0.1, 0.15) is 11.6 Å². The van der Waals surface area contributed by atoms with E-state index in [-0.39, 0.29) is 24.2 Å². The summed E-state index contributed by atoms with van der Waals surface area (Å²) in [5.74, 6) is -1.26. The van der Waals surface area contributed by atoms with Crippen LogP contribution in [0, 0.1) is 11.8 Å². The molecule has 2 rings (SSSR count). The number of hydrogen-bond donors (Lipinski definition) is 4. The number of ether oxygens (including phenoxy) is 1. The number of benzene rings is 2. The highest BCUT2D eigenvalue weighted by Gasteiger charge is 2.33. The molecule has 244 valence electrons. The van der Waals surface area contributed by atoms with Crippen LogP contribution in [0.25, 0.3) is 0 Å². The van der Waals surface area contributed by atoms with E-state index in [0.717, 1.165) is 24.1 Å². The highest BCUT2D eigenvalue weighted by Crippen LogP contribution is 2.20. The lowest BCUT2D eigenvalue weighted by Gasteiger charge is -2.30. The fourth-order valence-electron chi connectivity index (χ4n) is 4.94. The van der Waals surface area contributed by atoms with E-state index in [4.69, 9.17) is 4.74 Å². The maximum absolute atomic E-state index is 13.9. The minimum atomic E-state index is -1.07. The van der Waals surface area contributed by atoms with Gasteiger partial charge in [-0.2, -0.15) is 0 Å². The van der Waals surface area contributed by atoms with Crippen LogP contribution in [0.2, 0.25) is 0 Å². The summed E-state index contributed by atoms with van der Waals surface area (Å²) >= 11 is 0. The Labute approximate surface area is 264 Å². The Morgan fingerprint density at radius 3 is 1.98 bits per heavy atom. The maximum atomic E-state index is 13.9. The van der Waals surface area contributed by atoms with Crippen molar-refractivity contribution >= 4 is 17.9 Å². The molecule has 4 N–H and O–H groups in total. The first-order chi connectivity index (χ1) is 20.8. The summed E-state index contributed by atoms with van der Waals surface area (Å²) in [6, 6.07) is 17.8. The van der Waals surface area contributed by atoms with Crippen LogP contribution in [0.15, 0.2) is 60.7 Å². The molecule has 9 nitrogen and oxygen atoms in total. The van der Waals surface area contributed by atoms with E-state index in [0.29, 0.717) is 25.8 Å². The average Bonchev–Trinajstić information content (AvgIpc) is 2.96. The predicted molar refractivity (Wildman–Crippen MR) is 175 cm³/mol. The van der Waals surface area contributed by atoms with E-state index < -0.39 is 35.8 Å². The van der Waals surface area contributed by atoms with Gasteiger partial charge in [0.2, 0.25) is 11.8 Å². The van der Waals surface area contributed by atoms with E-state index in [1.54, 1.807) is 20.8 Å². The average molecular weight is 611 g/mol. The molecule has 0 bridgehead atoms. The first-order valence-electron chi connectivity index (χ1n) is 15.8. The lowest BCUT2D eigenvalue weighted by molar-refractivity contribution is -0.133. The van der Waals surface area contributed by atoms with Crippen LogP contribution in [0.4, 0.5) is 4.79 Å². The zero-order chi connectivity index (χ0) is 32.7. The van der Waals surface area contributed by atoms with Gasteiger partial charge >= 0.3 is 6.09 Å². The van der Waals surface area contributed by atoms with Crippen LogP contribution in [-0.4, -0.2) is 78.9 Å². The molecule has 0 aliphatic carbocycles. The summed E-state index contributed by atoms with van der Waals surface area (Å²) in [4.78, 5) is 42.0. The zero-order valence-corrected chi connectivity index (χ0v) is 27.6. The molecule has 0 radical (unpaired) electrons. The Bertz CT molecular complexity index is 1140. The van der Waals surface area contributed by atoms with Gasteiger partial charge in [-0.25, -0.2) is 4.79 Å². The quantitative estimate of drug-likeness (QED) is 0.198. The Kier molecular flexibility index (Phi) is 15.4. The number of carbonyl (C=O) groups is 3. The molecule has 0 saturated heterocycles. The summed E-state index contributed by atoms with van der Waals surface area (Å²) in [6.07, 6.45) is 0.606. The van der Waals surface area contributed by atoms with Crippen LogP contribution < -0.4 is 16.0 Å². The third-order valence-corrected chi connectivity index (χ3v) is 7.56. The van der Waals surface area contributed by atoms with Crippen LogP contribution in [0.1, 0.15) is 65.0 Å². The lowest BCUT2D eigenvalue weighted by Crippen LogP contribution is -2.53. The number of hydrogen-bond acceptors (Lipinski definition) is 6. The van der Waals surface area contributed by atoms with E-state index in [9.17, 15) is 19.5 Å². The van der Waals surface area contributed by atoms with Crippen molar-refractivity contribution in [3.8, 4) is 0 Å². The summed E-state index contributed by atoms with van der Waals surface area (Å²) < 4.78 is 5.49. The van der Waals surface area contributed by atoms with Crippen molar-refractivity contribution in [2.75, 3.05) is 27.2 Å². The molecule has 44 heavy (non-hydrogen) atoms. The molecular weight excluding hydrogens is 556 g/mol. The summed E-state index contributed by atoms with van der Waals surface area (Å²) in [6.45, 7) is 10.6. The van der Waals surface area contributed by atoms with Crippen molar-refractivity contribution < 1.29 is 24.2 Å². The second-order valence-electron chi connectivity index (χ2n) is 13.0. The highest BCUT2D eigenvalue weighted by molar-refractivity contribution is 5.88. The Morgan fingerprint density at radius 1 is 0.886 bits per heavy atom.